The van der Waals surface area contributed by atoms with Gasteiger partial charge in [-0.1, -0.05) is 12.1 Å². The minimum Gasteiger partial charge on any atom is -0.328 e. The highest BCUT2D eigenvalue weighted by molar-refractivity contribution is 5.21. The zero-order chi connectivity index (χ0) is 9.26. The molecule has 1 nitrogen and oxygen atoms in total. The monoisotopic (exact) mass is 179 g/mol. The largest absolute Gasteiger partial charge is 0.328 e. The van der Waals surface area contributed by atoms with Crippen LogP contribution in [0.15, 0.2) is 24.3 Å². The summed E-state index contributed by atoms with van der Waals surface area (Å²) in [5, 5.41) is 0. The molecule has 1 aliphatic carbocycles. The van der Waals surface area contributed by atoms with Crippen molar-refractivity contribution in [2.24, 2.45) is 5.73 Å². The zero-order valence-electron chi connectivity index (χ0n) is 7.54. The molecular formula is C11H14FN. The van der Waals surface area contributed by atoms with E-state index < -0.39 is 0 Å². The average Bonchev–Trinajstić information content (AvgIpc) is 2.53. The summed E-state index contributed by atoms with van der Waals surface area (Å²) in [6.07, 6.45) is 3.29. The van der Waals surface area contributed by atoms with Crippen LogP contribution in [0.1, 0.15) is 30.7 Å². The normalized spacial score (nSPS) is 27.8. The molecule has 0 amide bonds. The molecule has 13 heavy (non-hydrogen) atoms. The fourth-order valence-electron chi connectivity index (χ4n) is 2.05. The summed E-state index contributed by atoms with van der Waals surface area (Å²) < 4.78 is 12.6. The quantitative estimate of drug-likeness (QED) is 0.704. The van der Waals surface area contributed by atoms with Gasteiger partial charge in [0.05, 0.1) is 0 Å². The Labute approximate surface area is 77.8 Å². The third kappa shape index (κ3) is 1.89. The third-order valence-electron chi connectivity index (χ3n) is 2.81. The van der Waals surface area contributed by atoms with Gasteiger partial charge in [-0.15, -0.1) is 0 Å². The molecule has 0 bridgehead atoms. The van der Waals surface area contributed by atoms with Crippen molar-refractivity contribution >= 4 is 0 Å². The van der Waals surface area contributed by atoms with Crippen LogP contribution in [0.5, 0.6) is 0 Å². The van der Waals surface area contributed by atoms with E-state index in [1.54, 1.807) is 0 Å². The van der Waals surface area contributed by atoms with Crippen LogP contribution in [0.4, 0.5) is 4.39 Å². The minimum absolute atomic E-state index is 0.161. The van der Waals surface area contributed by atoms with Gasteiger partial charge in [0, 0.05) is 6.04 Å². The van der Waals surface area contributed by atoms with Crippen molar-refractivity contribution in [3.63, 3.8) is 0 Å². The van der Waals surface area contributed by atoms with E-state index in [0.717, 1.165) is 19.3 Å². The van der Waals surface area contributed by atoms with Gasteiger partial charge in [0.1, 0.15) is 5.82 Å². The van der Waals surface area contributed by atoms with E-state index in [2.05, 4.69) is 0 Å². The van der Waals surface area contributed by atoms with Crippen LogP contribution < -0.4 is 5.73 Å². The van der Waals surface area contributed by atoms with Gasteiger partial charge in [0.25, 0.3) is 0 Å². The summed E-state index contributed by atoms with van der Waals surface area (Å²) in [6, 6.07) is 7.14. The van der Waals surface area contributed by atoms with Crippen molar-refractivity contribution in [2.45, 2.75) is 31.2 Å². The topological polar surface area (TPSA) is 26.0 Å². The molecular weight excluding hydrogens is 165 g/mol. The zero-order valence-corrected chi connectivity index (χ0v) is 7.54. The Hall–Kier alpha value is -0.890. The van der Waals surface area contributed by atoms with Crippen molar-refractivity contribution in [1.82, 2.24) is 0 Å². The van der Waals surface area contributed by atoms with Crippen LogP contribution >= 0.6 is 0 Å². The standard InChI is InChI=1S/C11H14FN/c12-10-4-1-8(2-5-10)9-3-6-11(13)7-9/h1-2,4-5,9,11H,3,6-7,13H2/t9-,11+/m0/s1. The Kier molecular flexibility index (Phi) is 2.32. The Bertz CT molecular complexity index is 281. The Morgan fingerprint density at radius 2 is 1.85 bits per heavy atom. The van der Waals surface area contributed by atoms with E-state index in [-0.39, 0.29) is 5.82 Å². The van der Waals surface area contributed by atoms with E-state index in [9.17, 15) is 4.39 Å². The maximum Gasteiger partial charge on any atom is 0.123 e. The summed E-state index contributed by atoms with van der Waals surface area (Å²) in [5.41, 5.74) is 7.05. The first-order chi connectivity index (χ1) is 6.25. The second kappa shape index (κ2) is 3.46. The van der Waals surface area contributed by atoms with E-state index in [4.69, 9.17) is 5.73 Å². The predicted octanol–water partition coefficient (Wildman–Crippen LogP) is 2.42. The van der Waals surface area contributed by atoms with Gasteiger partial charge in [-0.25, -0.2) is 4.39 Å². The molecule has 2 heteroatoms. The molecule has 2 rings (SSSR count). The van der Waals surface area contributed by atoms with Crippen molar-refractivity contribution < 1.29 is 4.39 Å². The van der Waals surface area contributed by atoms with Crippen LogP contribution in [0.3, 0.4) is 0 Å². The molecule has 0 aromatic heterocycles. The van der Waals surface area contributed by atoms with Crippen LogP contribution in [-0.4, -0.2) is 6.04 Å². The predicted molar refractivity (Wildman–Crippen MR) is 51.0 cm³/mol. The lowest BCUT2D eigenvalue weighted by molar-refractivity contribution is 0.623. The van der Waals surface area contributed by atoms with Gasteiger partial charge in [0.15, 0.2) is 0 Å². The van der Waals surface area contributed by atoms with E-state index in [1.807, 2.05) is 12.1 Å². The summed E-state index contributed by atoms with van der Waals surface area (Å²) in [5.74, 6) is 0.390. The summed E-state index contributed by atoms with van der Waals surface area (Å²) in [6.45, 7) is 0. The van der Waals surface area contributed by atoms with Gasteiger partial charge in [-0.05, 0) is 42.9 Å². The van der Waals surface area contributed by atoms with Gasteiger partial charge in [-0.3, -0.25) is 0 Å². The number of hydrogen-bond donors (Lipinski definition) is 1. The molecule has 0 saturated heterocycles. The van der Waals surface area contributed by atoms with Crippen molar-refractivity contribution in [2.75, 3.05) is 0 Å². The molecule has 0 unspecified atom stereocenters. The van der Waals surface area contributed by atoms with E-state index in [1.165, 1.54) is 17.7 Å². The molecule has 1 saturated carbocycles. The lowest BCUT2D eigenvalue weighted by Gasteiger charge is -2.09. The number of nitrogens with two attached hydrogens (primary N) is 1. The average molecular weight is 179 g/mol. The fraction of sp³-hybridized carbons (Fsp3) is 0.455. The molecule has 0 heterocycles. The second-order valence-corrected chi connectivity index (χ2v) is 3.82. The lowest BCUT2D eigenvalue weighted by atomic mass is 9.98. The van der Waals surface area contributed by atoms with Crippen LogP contribution in [0, 0.1) is 5.82 Å². The molecule has 1 aliphatic rings. The SMILES string of the molecule is N[C@@H]1CC[C@H](c2ccc(F)cc2)C1. The minimum atomic E-state index is -0.161. The van der Waals surface area contributed by atoms with Crippen LogP contribution in [-0.2, 0) is 0 Å². The first kappa shape index (κ1) is 8.70. The smallest absolute Gasteiger partial charge is 0.123 e. The molecule has 0 aliphatic heterocycles. The molecule has 2 N–H and O–H groups in total. The van der Waals surface area contributed by atoms with Gasteiger partial charge in [-0.2, -0.15) is 0 Å². The molecule has 70 valence electrons. The lowest BCUT2D eigenvalue weighted by Crippen LogP contribution is -2.14. The van der Waals surface area contributed by atoms with Gasteiger partial charge >= 0.3 is 0 Å². The summed E-state index contributed by atoms with van der Waals surface area (Å²) in [4.78, 5) is 0. The molecule has 1 aromatic carbocycles. The van der Waals surface area contributed by atoms with Crippen molar-refractivity contribution in [3.8, 4) is 0 Å². The first-order valence-electron chi connectivity index (χ1n) is 4.77. The number of rotatable bonds is 1. The Morgan fingerprint density at radius 1 is 1.15 bits per heavy atom. The highest BCUT2D eigenvalue weighted by Gasteiger charge is 2.22. The highest BCUT2D eigenvalue weighted by Crippen LogP contribution is 2.33. The molecule has 0 spiro atoms. The maximum atomic E-state index is 12.6. The van der Waals surface area contributed by atoms with E-state index >= 15 is 0 Å². The van der Waals surface area contributed by atoms with E-state index in [0.29, 0.717) is 12.0 Å². The van der Waals surface area contributed by atoms with Crippen molar-refractivity contribution in [3.05, 3.63) is 35.6 Å². The number of halogens is 1. The fourth-order valence-corrected chi connectivity index (χ4v) is 2.05. The molecule has 2 atom stereocenters. The van der Waals surface area contributed by atoms with Crippen molar-refractivity contribution in [1.29, 1.82) is 0 Å². The van der Waals surface area contributed by atoms with Crippen LogP contribution in [0.2, 0.25) is 0 Å². The second-order valence-electron chi connectivity index (χ2n) is 3.82. The number of hydrogen-bond acceptors (Lipinski definition) is 1. The number of benzene rings is 1. The Balaban J connectivity index is 2.13. The van der Waals surface area contributed by atoms with Crippen LogP contribution in [0.25, 0.3) is 0 Å². The van der Waals surface area contributed by atoms with Gasteiger partial charge in [0.2, 0.25) is 0 Å². The third-order valence-corrected chi connectivity index (χ3v) is 2.81. The molecule has 1 aromatic rings. The molecule has 1 fully saturated rings. The highest BCUT2D eigenvalue weighted by atomic mass is 19.1. The summed E-state index contributed by atoms with van der Waals surface area (Å²) >= 11 is 0. The maximum absolute atomic E-state index is 12.6. The first-order valence-corrected chi connectivity index (χ1v) is 4.77. The summed E-state index contributed by atoms with van der Waals surface area (Å²) in [7, 11) is 0. The van der Waals surface area contributed by atoms with Gasteiger partial charge < -0.3 is 5.73 Å². The molecule has 0 radical (unpaired) electrons. The Morgan fingerprint density at radius 3 is 2.38 bits per heavy atom.